The first-order valence-electron chi connectivity index (χ1n) is 6.51. The van der Waals surface area contributed by atoms with Crippen LogP contribution >= 0.6 is 0 Å². The molecule has 0 aliphatic carbocycles. The molecule has 0 spiro atoms. The van der Waals surface area contributed by atoms with E-state index in [2.05, 4.69) is 9.97 Å². The second-order valence-electron chi connectivity index (χ2n) is 4.35. The summed E-state index contributed by atoms with van der Waals surface area (Å²) >= 11 is 0. The number of hydrogen-bond donors (Lipinski definition) is 1. The van der Waals surface area contributed by atoms with Crippen LogP contribution in [0.4, 0.5) is 5.69 Å². The zero-order chi connectivity index (χ0) is 15.2. The number of nitrogens with one attached hydrogen (secondary N) is 1. The van der Waals surface area contributed by atoms with Gasteiger partial charge < -0.3 is 9.72 Å². The van der Waals surface area contributed by atoms with E-state index in [1.54, 1.807) is 25.3 Å². The van der Waals surface area contributed by atoms with Gasteiger partial charge in [0.15, 0.2) is 0 Å². The average Bonchev–Trinajstić information content (AvgIpc) is 2.99. The van der Waals surface area contributed by atoms with Gasteiger partial charge in [-0.05, 0) is 25.1 Å². The minimum atomic E-state index is -0.541. The summed E-state index contributed by atoms with van der Waals surface area (Å²) < 4.78 is 4.94. The van der Waals surface area contributed by atoms with E-state index in [1.807, 2.05) is 0 Å². The largest absolute Gasteiger partial charge is 0.466 e. The van der Waals surface area contributed by atoms with Crippen LogP contribution in [0.25, 0.3) is 0 Å². The van der Waals surface area contributed by atoms with Gasteiger partial charge in [-0.3, -0.25) is 19.9 Å². The number of carbonyl (C=O) groups excluding carboxylic acids is 1. The van der Waals surface area contributed by atoms with Gasteiger partial charge in [-0.1, -0.05) is 0 Å². The number of hydrogen-bond acceptors (Lipinski definition) is 5. The predicted octanol–water partition coefficient (Wildman–Crippen LogP) is 2.40. The van der Waals surface area contributed by atoms with Crippen molar-refractivity contribution in [3.63, 3.8) is 0 Å². The topological polar surface area (TPSA) is 98.1 Å². The van der Waals surface area contributed by atoms with Crippen molar-refractivity contribution in [3.8, 4) is 0 Å². The van der Waals surface area contributed by atoms with E-state index >= 15 is 0 Å². The zero-order valence-corrected chi connectivity index (χ0v) is 11.5. The molecule has 2 aromatic rings. The van der Waals surface area contributed by atoms with Crippen molar-refractivity contribution in [1.82, 2.24) is 9.97 Å². The van der Waals surface area contributed by atoms with Gasteiger partial charge in [0.05, 0.1) is 23.9 Å². The lowest BCUT2D eigenvalue weighted by Gasteiger charge is -2.14. The third-order valence-corrected chi connectivity index (χ3v) is 3.02. The van der Waals surface area contributed by atoms with E-state index in [1.165, 1.54) is 18.3 Å². The molecule has 1 N–H and O–H groups in total. The second-order valence-corrected chi connectivity index (χ2v) is 4.35. The molecule has 0 aromatic carbocycles. The summed E-state index contributed by atoms with van der Waals surface area (Å²) in [6, 6.07) is 6.41. The number of aromatic amines is 1. The molecule has 21 heavy (non-hydrogen) atoms. The molecule has 0 bridgehead atoms. The van der Waals surface area contributed by atoms with Crippen molar-refractivity contribution in [2.75, 3.05) is 6.61 Å². The summed E-state index contributed by atoms with van der Waals surface area (Å²) in [4.78, 5) is 29.5. The molecule has 0 aliphatic heterocycles. The summed E-state index contributed by atoms with van der Waals surface area (Å²) in [5.41, 5.74) is 0.823. The van der Waals surface area contributed by atoms with Gasteiger partial charge in [-0.15, -0.1) is 0 Å². The molecular formula is C14H15N3O4. The number of carbonyl (C=O) groups is 1. The summed E-state index contributed by atoms with van der Waals surface area (Å²) in [6.45, 7) is 1.98. The molecule has 1 atom stereocenters. The van der Waals surface area contributed by atoms with Crippen LogP contribution in [0.5, 0.6) is 0 Å². The van der Waals surface area contributed by atoms with Crippen molar-refractivity contribution in [1.29, 1.82) is 0 Å². The molecule has 110 valence electrons. The van der Waals surface area contributed by atoms with Crippen molar-refractivity contribution in [2.45, 2.75) is 19.3 Å². The number of H-pyrrole nitrogens is 1. The summed E-state index contributed by atoms with van der Waals surface area (Å²) in [5, 5.41) is 11.1. The minimum Gasteiger partial charge on any atom is -0.466 e. The molecule has 2 rings (SSSR count). The van der Waals surface area contributed by atoms with Crippen LogP contribution in [0.3, 0.4) is 0 Å². The van der Waals surface area contributed by atoms with Crippen LogP contribution < -0.4 is 0 Å². The monoisotopic (exact) mass is 289 g/mol. The normalized spacial score (nSPS) is 11.9. The van der Waals surface area contributed by atoms with E-state index in [0.29, 0.717) is 5.69 Å². The van der Waals surface area contributed by atoms with E-state index in [-0.39, 0.29) is 24.4 Å². The highest BCUT2D eigenvalue weighted by molar-refractivity contribution is 5.71. The van der Waals surface area contributed by atoms with Crippen LogP contribution in [-0.2, 0) is 9.53 Å². The lowest BCUT2D eigenvalue weighted by Crippen LogP contribution is -2.14. The number of esters is 1. The first-order valence-corrected chi connectivity index (χ1v) is 6.51. The third-order valence-electron chi connectivity index (χ3n) is 3.02. The summed E-state index contributed by atoms with van der Waals surface area (Å²) in [6.07, 6.45) is 3.16. The maximum atomic E-state index is 11.8. The van der Waals surface area contributed by atoms with Gasteiger partial charge in [0.25, 0.3) is 5.69 Å². The predicted molar refractivity (Wildman–Crippen MR) is 74.8 cm³/mol. The van der Waals surface area contributed by atoms with Gasteiger partial charge in [-0.25, -0.2) is 0 Å². The molecule has 0 amide bonds. The standard InChI is InChI=1S/C14H15N3O4/c1-2-21-13(18)9-10(11-5-3-7-15-11)14-12(17(19)20)6-4-8-16-14/h3-8,10,15H,2,9H2,1H3. The Kier molecular flexibility index (Phi) is 4.65. The van der Waals surface area contributed by atoms with Crippen LogP contribution in [-0.4, -0.2) is 27.5 Å². The van der Waals surface area contributed by atoms with Gasteiger partial charge in [-0.2, -0.15) is 0 Å². The minimum absolute atomic E-state index is 0.00773. The third kappa shape index (κ3) is 3.44. The number of nitro groups is 1. The zero-order valence-electron chi connectivity index (χ0n) is 11.5. The molecule has 0 aliphatic rings. The van der Waals surface area contributed by atoms with E-state index in [4.69, 9.17) is 4.74 Å². The number of ether oxygens (including phenoxy) is 1. The lowest BCUT2D eigenvalue weighted by molar-refractivity contribution is -0.386. The Bertz CT molecular complexity index is 625. The number of pyridine rings is 1. The Hall–Kier alpha value is -2.70. The first kappa shape index (κ1) is 14.7. The molecule has 7 heteroatoms. The van der Waals surface area contributed by atoms with Crippen LogP contribution in [0.15, 0.2) is 36.7 Å². The molecule has 0 saturated carbocycles. The fourth-order valence-corrected chi connectivity index (χ4v) is 2.13. The van der Waals surface area contributed by atoms with Gasteiger partial charge in [0.1, 0.15) is 5.69 Å². The quantitative estimate of drug-likeness (QED) is 0.500. The van der Waals surface area contributed by atoms with Crippen LogP contribution in [0.1, 0.15) is 30.7 Å². The second kappa shape index (κ2) is 6.65. The fourth-order valence-electron chi connectivity index (χ4n) is 2.13. The van der Waals surface area contributed by atoms with Crippen LogP contribution in [0, 0.1) is 10.1 Å². The molecule has 0 saturated heterocycles. The lowest BCUT2D eigenvalue weighted by atomic mass is 9.96. The molecule has 1 unspecified atom stereocenters. The smallest absolute Gasteiger partial charge is 0.306 e. The Morgan fingerprint density at radius 2 is 2.29 bits per heavy atom. The van der Waals surface area contributed by atoms with Crippen molar-refractivity contribution < 1.29 is 14.5 Å². The van der Waals surface area contributed by atoms with E-state index in [9.17, 15) is 14.9 Å². The Morgan fingerprint density at radius 1 is 1.48 bits per heavy atom. The van der Waals surface area contributed by atoms with Gasteiger partial charge >= 0.3 is 5.97 Å². The van der Waals surface area contributed by atoms with Gasteiger partial charge in [0.2, 0.25) is 0 Å². The highest BCUT2D eigenvalue weighted by atomic mass is 16.6. The molecule has 2 aromatic heterocycles. The maximum absolute atomic E-state index is 11.8. The van der Waals surface area contributed by atoms with E-state index < -0.39 is 16.8 Å². The Balaban J connectivity index is 2.41. The maximum Gasteiger partial charge on any atom is 0.306 e. The van der Waals surface area contributed by atoms with E-state index in [0.717, 1.165) is 0 Å². The molecule has 0 radical (unpaired) electrons. The fraction of sp³-hybridized carbons (Fsp3) is 0.286. The number of nitrogens with zero attached hydrogens (tertiary/aromatic N) is 2. The Labute approximate surface area is 121 Å². The average molecular weight is 289 g/mol. The summed E-state index contributed by atoms with van der Waals surface area (Å²) in [5.74, 6) is -0.960. The van der Waals surface area contributed by atoms with Gasteiger partial charge in [0, 0.05) is 24.2 Å². The SMILES string of the molecule is CCOC(=O)CC(c1ccc[nH]1)c1ncccc1[N+](=O)[O-]. The summed E-state index contributed by atoms with van der Waals surface area (Å²) in [7, 11) is 0. The highest BCUT2D eigenvalue weighted by Gasteiger charge is 2.28. The highest BCUT2D eigenvalue weighted by Crippen LogP contribution is 2.31. The van der Waals surface area contributed by atoms with Crippen LogP contribution in [0.2, 0.25) is 0 Å². The molecule has 2 heterocycles. The Morgan fingerprint density at radius 3 is 2.90 bits per heavy atom. The van der Waals surface area contributed by atoms with Crippen molar-refractivity contribution in [2.24, 2.45) is 0 Å². The number of aromatic nitrogens is 2. The van der Waals surface area contributed by atoms with Crippen molar-refractivity contribution in [3.05, 3.63) is 58.2 Å². The first-order chi connectivity index (χ1) is 10.1. The van der Waals surface area contributed by atoms with Crippen molar-refractivity contribution >= 4 is 11.7 Å². The molecule has 7 nitrogen and oxygen atoms in total. The molecular weight excluding hydrogens is 274 g/mol. The molecule has 0 fully saturated rings. The number of rotatable bonds is 6.